The molecule has 24 heavy (non-hydrogen) atoms. The summed E-state index contributed by atoms with van der Waals surface area (Å²) in [4.78, 5) is 17.4. The quantitative estimate of drug-likeness (QED) is 0.769. The van der Waals surface area contributed by atoms with Crippen LogP contribution in [0.1, 0.15) is 39.2 Å². The molecule has 1 amide bonds. The number of nitrogens with zero attached hydrogens (tertiary/aromatic N) is 2. The monoisotopic (exact) mass is 332 g/mol. The van der Waals surface area contributed by atoms with Crippen molar-refractivity contribution in [3.8, 4) is 0 Å². The van der Waals surface area contributed by atoms with E-state index in [1.165, 1.54) is 0 Å². The van der Waals surface area contributed by atoms with Crippen LogP contribution in [0.15, 0.2) is 30.3 Å². The normalized spacial score (nSPS) is 17.9. The van der Waals surface area contributed by atoms with E-state index in [0.717, 1.165) is 38.0 Å². The molecule has 1 aromatic carbocycles. The van der Waals surface area contributed by atoms with Crippen molar-refractivity contribution >= 4 is 5.91 Å². The first-order chi connectivity index (χ1) is 11.5. The zero-order valence-electron chi connectivity index (χ0n) is 15.6. The van der Waals surface area contributed by atoms with Gasteiger partial charge in [0.25, 0.3) is 5.91 Å². The highest BCUT2D eigenvalue weighted by Gasteiger charge is 2.30. The lowest BCUT2D eigenvalue weighted by Gasteiger charge is -2.39. The SMILES string of the molecule is CC(C)CN(C(=O)[C@H](C)OCc1ccccc1)C1CCN(C)CC1. The highest BCUT2D eigenvalue weighted by atomic mass is 16.5. The van der Waals surface area contributed by atoms with Crippen molar-refractivity contribution in [2.75, 3.05) is 26.7 Å². The summed E-state index contributed by atoms with van der Waals surface area (Å²) in [5.74, 6) is 0.601. The van der Waals surface area contributed by atoms with Crippen LogP contribution < -0.4 is 0 Å². The standard InChI is InChI=1S/C20H32N2O2/c1-16(2)14-22(19-10-12-21(4)13-11-19)20(23)17(3)24-15-18-8-6-5-7-9-18/h5-9,16-17,19H,10-15H2,1-4H3/t17-/m0/s1. The van der Waals surface area contributed by atoms with Gasteiger partial charge in [0, 0.05) is 12.6 Å². The van der Waals surface area contributed by atoms with Crippen molar-refractivity contribution in [2.24, 2.45) is 5.92 Å². The van der Waals surface area contributed by atoms with Crippen LogP contribution in [-0.4, -0.2) is 54.5 Å². The second-order valence-corrected chi connectivity index (χ2v) is 7.36. The molecule has 0 aliphatic carbocycles. The number of carbonyl (C=O) groups is 1. The van der Waals surface area contributed by atoms with Crippen LogP contribution >= 0.6 is 0 Å². The van der Waals surface area contributed by atoms with E-state index >= 15 is 0 Å². The molecule has 0 unspecified atom stereocenters. The third kappa shape index (κ3) is 5.60. The molecule has 0 saturated carbocycles. The fourth-order valence-electron chi connectivity index (χ4n) is 3.22. The van der Waals surface area contributed by atoms with E-state index in [2.05, 4.69) is 30.7 Å². The Bertz CT molecular complexity index is 496. The van der Waals surface area contributed by atoms with E-state index in [4.69, 9.17) is 4.74 Å². The van der Waals surface area contributed by atoms with Crippen molar-refractivity contribution in [1.82, 2.24) is 9.80 Å². The fourth-order valence-corrected chi connectivity index (χ4v) is 3.22. The number of hydrogen-bond acceptors (Lipinski definition) is 3. The molecular formula is C20H32N2O2. The lowest BCUT2D eigenvalue weighted by molar-refractivity contribution is -0.147. The molecule has 1 aliphatic rings. The molecule has 0 aromatic heterocycles. The van der Waals surface area contributed by atoms with Gasteiger partial charge in [-0.15, -0.1) is 0 Å². The molecule has 134 valence electrons. The van der Waals surface area contributed by atoms with E-state index in [-0.39, 0.29) is 5.91 Å². The van der Waals surface area contributed by atoms with Gasteiger partial charge < -0.3 is 14.5 Å². The topological polar surface area (TPSA) is 32.8 Å². The van der Waals surface area contributed by atoms with Crippen molar-refractivity contribution < 1.29 is 9.53 Å². The van der Waals surface area contributed by atoms with Crippen molar-refractivity contribution in [1.29, 1.82) is 0 Å². The first-order valence-electron chi connectivity index (χ1n) is 9.12. The molecule has 1 aliphatic heterocycles. The molecule has 0 N–H and O–H groups in total. The van der Waals surface area contributed by atoms with Gasteiger partial charge in [0.2, 0.25) is 0 Å². The molecule has 0 bridgehead atoms. The maximum Gasteiger partial charge on any atom is 0.251 e. The second-order valence-electron chi connectivity index (χ2n) is 7.36. The molecule has 4 nitrogen and oxygen atoms in total. The number of likely N-dealkylation sites (tertiary alicyclic amines) is 1. The van der Waals surface area contributed by atoms with Gasteiger partial charge in [-0.2, -0.15) is 0 Å². The lowest BCUT2D eigenvalue weighted by Crippen LogP contribution is -2.51. The van der Waals surface area contributed by atoms with Crippen molar-refractivity contribution in [3.63, 3.8) is 0 Å². The molecule has 1 aromatic rings. The van der Waals surface area contributed by atoms with Crippen LogP contribution in [0.2, 0.25) is 0 Å². The Morgan fingerprint density at radius 1 is 1.21 bits per heavy atom. The predicted octanol–water partition coefficient (Wildman–Crippen LogP) is 3.17. The number of amides is 1. The molecule has 1 saturated heterocycles. The molecule has 2 rings (SSSR count). The largest absolute Gasteiger partial charge is 0.364 e. The summed E-state index contributed by atoms with van der Waals surface area (Å²) < 4.78 is 5.86. The van der Waals surface area contributed by atoms with Crippen LogP contribution in [0.5, 0.6) is 0 Å². The average Bonchev–Trinajstić information content (AvgIpc) is 2.58. The summed E-state index contributed by atoms with van der Waals surface area (Å²) in [5, 5.41) is 0. The Balaban J connectivity index is 1.95. The van der Waals surface area contributed by atoms with Gasteiger partial charge in [0.15, 0.2) is 0 Å². The Morgan fingerprint density at radius 2 is 1.83 bits per heavy atom. The van der Waals surface area contributed by atoms with Gasteiger partial charge >= 0.3 is 0 Å². The Morgan fingerprint density at radius 3 is 2.42 bits per heavy atom. The van der Waals surface area contributed by atoms with Gasteiger partial charge in [-0.25, -0.2) is 0 Å². The number of hydrogen-bond donors (Lipinski definition) is 0. The Kier molecular flexibility index (Phi) is 7.25. The second kappa shape index (κ2) is 9.19. The maximum atomic E-state index is 13.0. The zero-order chi connectivity index (χ0) is 17.5. The van der Waals surface area contributed by atoms with E-state index < -0.39 is 6.10 Å². The molecular weight excluding hydrogens is 300 g/mol. The fraction of sp³-hybridized carbons (Fsp3) is 0.650. The summed E-state index contributed by atoms with van der Waals surface area (Å²) >= 11 is 0. The van der Waals surface area contributed by atoms with Gasteiger partial charge in [0.1, 0.15) is 6.10 Å². The van der Waals surface area contributed by atoms with Gasteiger partial charge in [-0.05, 0) is 51.4 Å². The van der Waals surface area contributed by atoms with Gasteiger partial charge in [-0.3, -0.25) is 4.79 Å². The zero-order valence-corrected chi connectivity index (χ0v) is 15.6. The summed E-state index contributed by atoms with van der Waals surface area (Å²) in [6.07, 6.45) is 1.71. The van der Waals surface area contributed by atoms with Crippen LogP contribution in [-0.2, 0) is 16.1 Å². The number of ether oxygens (including phenoxy) is 1. The molecule has 1 heterocycles. The van der Waals surface area contributed by atoms with Crippen LogP contribution in [0.3, 0.4) is 0 Å². The van der Waals surface area contributed by atoms with E-state index in [9.17, 15) is 4.79 Å². The van der Waals surface area contributed by atoms with Gasteiger partial charge in [0.05, 0.1) is 6.61 Å². The first kappa shape index (κ1) is 18.9. The summed E-state index contributed by atoms with van der Waals surface area (Å²) in [5.41, 5.74) is 1.10. The highest BCUT2D eigenvalue weighted by Crippen LogP contribution is 2.19. The van der Waals surface area contributed by atoms with Crippen LogP contribution in [0, 0.1) is 5.92 Å². The van der Waals surface area contributed by atoms with E-state index in [1.807, 2.05) is 37.3 Å². The number of carbonyl (C=O) groups excluding carboxylic acids is 1. The first-order valence-corrected chi connectivity index (χ1v) is 9.12. The van der Waals surface area contributed by atoms with Crippen LogP contribution in [0.4, 0.5) is 0 Å². The number of rotatable bonds is 7. The molecule has 0 spiro atoms. The minimum atomic E-state index is -0.399. The van der Waals surface area contributed by atoms with E-state index in [0.29, 0.717) is 18.6 Å². The maximum absolute atomic E-state index is 13.0. The lowest BCUT2D eigenvalue weighted by atomic mass is 10.0. The minimum Gasteiger partial charge on any atom is -0.364 e. The van der Waals surface area contributed by atoms with Gasteiger partial charge in [-0.1, -0.05) is 44.2 Å². The number of piperidine rings is 1. The van der Waals surface area contributed by atoms with Crippen molar-refractivity contribution in [3.05, 3.63) is 35.9 Å². The summed E-state index contributed by atoms with van der Waals surface area (Å²) in [6, 6.07) is 10.4. The minimum absolute atomic E-state index is 0.134. The molecule has 1 fully saturated rings. The van der Waals surface area contributed by atoms with Crippen LogP contribution in [0.25, 0.3) is 0 Å². The Labute approximate surface area is 146 Å². The Hall–Kier alpha value is -1.39. The molecule has 0 radical (unpaired) electrons. The predicted molar refractivity (Wildman–Crippen MR) is 97.8 cm³/mol. The highest BCUT2D eigenvalue weighted by molar-refractivity contribution is 5.80. The summed E-state index contributed by atoms with van der Waals surface area (Å²) in [6.45, 7) is 9.64. The number of benzene rings is 1. The third-order valence-corrected chi connectivity index (χ3v) is 4.66. The summed E-state index contributed by atoms with van der Waals surface area (Å²) in [7, 11) is 2.15. The van der Waals surface area contributed by atoms with Crippen molar-refractivity contribution in [2.45, 2.75) is 52.4 Å². The molecule has 1 atom stereocenters. The average molecular weight is 332 g/mol. The van der Waals surface area contributed by atoms with E-state index in [1.54, 1.807) is 0 Å². The third-order valence-electron chi connectivity index (χ3n) is 4.66. The molecule has 4 heteroatoms. The smallest absolute Gasteiger partial charge is 0.251 e.